The molecule has 5 nitrogen and oxygen atoms in total. The molecule has 16 heavy (non-hydrogen) atoms. The van der Waals surface area contributed by atoms with Crippen molar-refractivity contribution >= 4 is 27.7 Å². The molecule has 1 aromatic rings. The summed E-state index contributed by atoms with van der Waals surface area (Å²) in [6.45, 7) is 2.45. The van der Waals surface area contributed by atoms with Crippen molar-refractivity contribution in [2.45, 2.75) is 6.92 Å². The molecule has 0 saturated carbocycles. The van der Waals surface area contributed by atoms with E-state index in [1.807, 2.05) is 6.92 Å². The van der Waals surface area contributed by atoms with Crippen LogP contribution in [0.5, 0.6) is 0 Å². The minimum Gasteiger partial charge on any atom is -0.444 e. The van der Waals surface area contributed by atoms with Crippen molar-refractivity contribution in [2.24, 2.45) is 0 Å². The van der Waals surface area contributed by atoms with Gasteiger partial charge in [0.05, 0.1) is 6.54 Å². The van der Waals surface area contributed by atoms with Crippen molar-refractivity contribution in [2.75, 3.05) is 20.1 Å². The highest BCUT2D eigenvalue weighted by Crippen LogP contribution is 2.13. The minimum atomic E-state index is -0.399. The number of nitrogens with one attached hydrogen (secondary N) is 1. The lowest BCUT2D eigenvalue weighted by Gasteiger charge is -2.14. The second-order valence-electron chi connectivity index (χ2n) is 3.19. The van der Waals surface area contributed by atoms with Crippen LogP contribution in [0.1, 0.15) is 17.5 Å². The van der Waals surface area contributed by atoms with Gasteiger partial charge in [-0.25, -0.2) is 0 Å². The average Bonchev–Trinajstić information content (AvgIpc) is 2.71. The van der Waals surface area contributed by atoms with Crippen molar-refractivity contribution in [1.82, 2.24) is 10.2 Å². The molecule has 0 unspecified atom stereocenters. The molecular weight excluding hydrogens is 276 g/mol. The zero-order valence-electron chi connectivity index (χ0n) is 9.12. The van der Waals surface area contributed by atoms with Gasteiger partial charge in [0, 0.05) is 13.6 Å². The van der Waals surface area contributed by atoms with Crippen LogP contribution < -0.4 is 5.32 Å². The molecule has 0 aliphatic carbocycles. The number of halogens is 1. The van der Waals surface area contributed by atoms with Crippen molar-refractivity contribution in [3.05, 3.63) is 22.6 Å². The first-order valence-corrected chi connectivity index (χ1v) is 5.61. The van der Waals surface area contributed by atoms with Crippen LogP contribution in [0.15, 0.2) is 21.2 Å². The van der Waals surface area contributed by atoms with Gasteiger partial charge in [0.15, 0.2) is 10.4 Å². The van der Waals surface area contributed by atoms with E-state index in [1.54, 1.807) is 13.1 Å². The molecule has 0 aliphatic heterocycles. The Morgan fingerprint density at radius 2 is 2.19 bits per heavy atom. The molecule has 1 aromatic heterocycles. The van der Waals surface area contributed by atoms with Gasteiger partial charge in [-0.15, -0.1) is 0 Å². The summed E-state index contributed by atoms with van der Waals surface area (Å²) in [6.07, 6.45) is 0. The van der Waals surface area contributed by atoms with Gasteiger partial charge >= 0.3 is 0 Å². The summed E-state index contributed by atoms with van der Waals surface area (Å²) in [7, 11) is 1.68. The summed E-state index contributed by atoms with van der Waals surface area (Å²) in [5.74, 6) is -0.358. The van der Waals surface area contributed by atoms with Gasteiger partial charge in [-0.1, -0.05) is 0 Å². The first-order valence-electron chi connectivity index (χ1n) is 4.82. The SMILES string of the molecule is CCN(C)C(=O)CNC(=O)c1ccc(Br)o1. The van der Waals surface area contributed by atoms with Crippen molar-refractivity contribution < 1.29 is 14.0 Å². The molecular formula is C10H13BrN2O3. The zero-order valence-corrected chi connectivity index (χ0v) is 10.7. The van der Waals surface area contributed by atoms with Crippen LogP contribution in [0.4, 0.5) is 0 Å². The third-order valence-electron chi connectivity index (χ3n) is 2.10. The van der Waals surface area contributed by atoms with Gasteiger partial charge < -0.3 is 14.6 Å². The van der Waals surface area contributed by atoms with E-state index in [-0.39, 0.29) is 18.2 Å². The van der Waals surface area contributed by atoms with E-state index in [4.69, 9.17) is 4.42 Å². The van der Waals surface area contributed by atoms with Crippen LogP contribution in [0.25, 0.3) is 0 Å². The number of amides is 2. The van der Waals surface area contributed by atoms with Crippen LogP contribution in [-0.4, -0.2) is 36.9 Å². The Kier molecular flexibility index (Phi) is 4.54. The summed E-state index contributed by atoms with van der Waals surface area (Å²) >= 11 is 3.09. The summed E-state index contributed by atoms with van der Waals surface area (Å²) in [5, 5.41) is 2.48. The van der Waals surface area contributed by atoms with Gasteiger partial charge in [-0.05, 0) is 35.0 Å². The molecule has 0 saturated heterocycles. The second-order valence-corrected chi connectivity index (χ2v) is 3.98. The number of rotatable bonds is 4. The van der Waals surface area contributed by atoms with E-state index in [0.717, 1.165) is 0 Å². The highest BCUT2D eigenvalue weighted by Gasteiger charge is 2.12. The van der Waals surface area contributed by atoms with Crippen molar-refractivity contribution in [3.63, 3.8) is 0 Å². The normalized spacial score (nSPS) is 9.94. The number of carbonyl (C=O) groups excluding carboxylic acids is 2. The van der Waals surface area contributed by atoms with Crippen LogP contribution >= 0.6 is 15.9 Å². The number of nitrogens with zero attached hydrogens (tertiary/aromatic N) is 1. The van der Waals surface area contributed by atoms with E-state index in [9.17, 15) is 9.59 Å². The molecule has 1 N–H and O–H groups in total. The maximum absolute atomic E-state index is 11.5. The molecule has 1 heterocycles. The summed E-state index contributed by atoms with van der Waals surface area (Å²) in [5.41, 5.74) is 0. The first kappa shape index (κ1) is 12.8. The molecule has 88 valence electrons. The standard InChI is InChI=1S/C10H13BrN2O3/c1-3-13(2)9(14)6-12-10(15)7-4-5-8(11)16-7/h4-5H,3,6H2,1-2H3,(H,12,15). The fourth-order valence-corrected chi connectivity index (χ4v) is 1.30. The minimum absolute atomic E-state index is 0.0263. The van der Waals surface area contributed by atoms with Crippen LogP contribution in [0.3, 0.4) is 0 Å². The highest BCUT2D eigenvalue weighted by molar-refractivity contribution is 9.10. The quantitative estimate of drug-likeness (QED) is 0.907. The third-order valence-corrected chi connectivity index (χ3v) is 2.52. The fraction of sp³-hybridized carbons (Fsp3) is 0.400. The highest BCUT2D eigenvalue weighted by atomic mass is 79.9. The van der Waals surface area contributed by atoms with Gasteiger partial charge in [0.1, 0.15) is 0 Å². The van der Waals surface area contributed by atoms with Crippen molar-refractivity contribution in [1.29, 1.82) is 0 Å². The lowest BCUT2D eigenvalue weighted by atomic mass is 10.4. The van der Waals surface area contributed by atoms with Crippen LogP contribution in [0, 0.1) is 0 Å². The Hall–Kier alpha value is -1.30. The molecule has 0 bridgehead atoms. The Morgan fingerprint density at radius 3 is 2.69 bits per heavy atom. The lowest BCUT2D eigenvalue weighted by molar-refractivity contribution is -0.128. The molecule has 0 fully saturated rings. The maximum Gasteiger partial charge on any atom is 0.287 e. The van der Waals surface area contributed by atoms with E-state index in [1.165, 1.54) is 11.0 Å². The topological polar surface area (TPSA) is 62.6 Å². The molecule has 0 aliphatic rings. The van der Waals surface area contributed by atoms with Gasteiger partial charge in [0.2, 0.25) is 5.91 Å². The average molecular weight is 289 g/mol. The molecule has 0 atom stereocenters. The molecule has 6 heteroatoms. The van der Waals surface area contributed by atoms with Gasteiger partial charge in [0.25, 0.3) is 5.91 Å². The zero-order chi connectivity index (χ0) is 12.1. The Labute approximate surface area is 102 Å². The Morgan fingerprint density at radius 1 is 1.50 bits per heavy atom. The first-order chi connectivity index (χ1) is 7.54. The Bertz CT molecular complexity index is 389. The molecule has 2 amide bonds. The van der Waals surface area contributed by atoms with Gasteiger partial charge in [-0.2, -0.15) is 0 Å². The number of furan rings is 1. The molecule has 0 spiro atoms. The monoisotopic (exact) mass is 288 g/mol. The molecule has 1 rings (SSSR count). The Balaban J connectivity index is 2.44. The van der Waals surface area contributed by atoms with E-state index in [0.29, 0.717) is 11.2 Å². The number of likely N-dealkylation sites (N-methyl/N-ethyl adjacent to an activating group) is 1. The van der Waals surface area contributed by atoms with Crippen molar-refractivity contribution in [3.8, 4) is 0 Å². The largest absolute Gasteiger partial charge is 0.444 e. The van der Waals surface area contributed by atoms with E-state index >= 15 is 0 Å². The third kappa shape index (κ3) is 3.37. The number of carbonyl (C=O) groups is 2. The summed E-state index contributed by atoms with van der Waals surface area (Å²) < 4.78 is 5.53. The number of hydrogen-bond donors (Lipinski definition) is 1. The number of hydrogen-bond acceptors (Lipinski definition) is 3. The van der Waals surface area contributed by atoms with Crippen LogP contribution in [0.2, 0.25) is 0 Å². The summed E-state index contributed by atoms with van der Waals surface area (Å²) in [6, 6.07) is 3.16. The van der Waals surface area contributed by atoms with E-state index in [2.05, 4.69) is 21.2 Å². The lowest BCUT2D eigenvalue weighted by Crippen LogP contribution is -2.37. The smallest absolute Gasteiger partial charge is 0.287 e. The van der Waals surface area contributed by atoms with Gasteiger partial charge in [-0.3, -0.25) is 9.59 Å². The predicted molar refractivity (Wildman–Crippen MR) is 62.1 cm³/mol. The van der Waals surface area contributed by atoms with Crippen LogP contribution in [-0.2, 0) is 4.79 Å². The predicted octanol–water partition coefficient (Wildman–Crippen LogP) is 1.25. The fourth-order valence-electron chi connectivity index (χ4n) is 0.991. The molecule has 0 aromatic carbocycles. The summed E-state index contributed by atoms with van der Waals surface area (Å²) in [4.78, 5) is 24.4. The molecule has 0 radical (unpaired) electrons. The van der Waals surface area contributed by atoms with E-state index < -0.39 is 5.91 Å². The maximum atomic E-state index is 11.5. The second kappa shape index (κ2) is 5.69.